The first-order valence-electron chi connectivity index (χ1n) is 5.66. The summed E-state index contributed by atoms with van der Waals surface area (Å²) in [5, 5.41) is 25.3. The number of benzene rings is 1. The molecule has 0 aliphatic carbocycles. The van der Waals surface area contributed by atoms with E-state index in [1.807, 2.05) is 0 Å². The topological polar surface area (TPSA) is 102 Å². The minimum atomic E-state index is -1.17. The fourth-order valence-corrected chi connectivity index (χ4v) is 1.56. The Morgan fingerprint density at radius 2 is 2.10 bits per heavy atom. The summed E-state index contributed by atoms with van der Waals surface area (Å²) in [7, 11) is 1.44. The normalized spacial score (nSPS) is 10.1. The zero-order valence-electron chi connectivity index (χ0n) is 10.6. The Morgan fingerprint density at radius 1 is 1.30 bits per heavy atom. The van der Waals surface area contributed by atoms with Crippen molar-refractivity contribution in [2.24, 2.45) is 0 Å². The number of nitrogens with zero attached hydrogens (tertiary/aromatic N) is 2. The molecule has 104 valence electrons. The van der Waals surface area contributed by atoms with Crippen molar-refractivity contribution in [2.75, 3.05) is 7.11 Å². The third-order valence-electron chi connectivity index (χ3n) is 2.53. The summed E-state index contributed by atoms with van der Waals surface area (Å²) in [4.78, 5) is 11.1. The molecule has 20 heavy (non-hydrogen) atoms. The van der Waals surface area contributed by atoms with E-state index < -0.39 is 5.97 Å². The highest BCUT2D eigenvalue weighted by molar-refractivity contribution is 5.90. The van der Waals surface area contributed by atoms with Crippen molar-refractivity contribution in [1.82, 2.24) is 10.2 Å². The van der Waals surface area contributed by atoms with Gasteiger partial charge in [-0.1, -0.05) is 6.07 Å². The lowest BCUT2D eigenvalue weighted by Gasteiger charge is -2.11. The number of hydrogen-bond acceptors (Lipinski definition) is 6. The molecule has 0 bridgehead atoms. The summed E-state index contributed by atoms with van der Waals surface area (Å²) >= 11 is 0. The monoisotopic (exact) mass is 276 g/mol. The van der Waals surface area contributed by atoms with Crippen LogP contribution in [0, 0.1) is 0 Å². The van der Waals surface area contributed by atoms with Crippen LogP contribution in [-0.4, -0.2) is 33.5 Å². The van der Waals surface area contributed by atoms with E-state index >= 15 is 0 Å². The van der Waals surface area contributed by atoms with Crippen molar-refractivity contribution in [1.29, 1.82) is 0 Å². The molecule has 0 saturated carbocycles. The van der Waals surface area contributed by atoms with Crippen molar-refractivity contribution in [3.63, 3.8) is 0 Å². The van der Waals surface area contributed by atoms with Gasteiger partial charge in [0.2, 0.25) is 0 Å². The van der Waals surface area contributed by atoms with E-state index in [1.165, 1.54) is 19.4 Å². The molecule has 1 heterocycles. The van der Waals surface area contributed by atoms with E-state index in [1.54, 1.807) is 18.2 Å². The zero-order chi connectivity index (χ0) is 14.5. The van der Waals surface area contributed by atoms with E-state index in [2.05, 4.69) is 10.2 Å². The maximum Gasteiger partial charge on any atom is 0.341 e. The number of aliphatic hydroxyl groups is 1. The standard InChI is InChI=1S/C13H12N2O5/c1-19-11-6-8(7-16)2-3-10(11)20-12-9(13(17)18)4-5-14-15-12/h2-6,16H,7H2,1H3,(H,17,18). The predicted molar refractivity (Wildman–Crippen MR) is 68.0 cm³/mol. The van der Waals surface area contributed by atoms with E-state index in [0.29, 0.717) is 11.3 Å². The maximum atomic E-state index is 11.1. The fourth-order valence-electron chi connectivity index (χ4n) is 1.56. The van der Waals surface area contributed by atoms with Gasteiger partial charge >= 0.3 is 5.97 Å². The molecule has 0 unspecified atom stereocenters. The minimum Gasteiger partial charge on any atom is -0.493 e. The number of aliphatic hydroxyl groups excluding tert-OH is 1. The quantitative estimate of drug-likeness (QED) is 0.852. The van der Waals surface area contributed by atoms with Gasteiger partial charge in [-0.2, -0.15) is 5.10 Å². The van der Waals surface area contributed by atoms with Crippen molar-refractivity contribution < 1.29 is 24.5 Å². The third-order valence-corrected chi connectivity index (χ3v) is 2.53. The molecule has 0 atom stereocenters. The van der Waals surface area contributed by atoms with Crippen LogP contribution >= 0.6 is 0 Å². The fraction of sp³-hybridized carbons (Fsp3) is 0.154. The molecule has 0 spiro atoms. The van der Waals surface area contributed by atoms with E-state index in [4.69, 9.17) is 19.7 Å². The lowest BCUT2D eigenvalue weighted by atomic mass is 10.2. The number of carboxylic acids is 1. The van der Waals surface area contributed by atoms with Gasteiger partial charge in [0.1, 0.15) is 5.56 Å². The number of carbonyl (C=O) groups is 1. The van der Waals surface area contributed by atoms with Crippen molar-refractivity contribution >= 4 is 5.97 Å². The Labute approximate surface area is 114 Å². The van der Waals surface area contributed by atoms with Crippen LogP contribution in [0.15, 0.2) is 30.5 Å². The second-order valence-corrected chi connectivity index (χ2v) is 3.80. The minimum absolute atomic E-state index is 0.103. The van der Waals surface area contributed by atoms with Gasteiger partial charge in [0.25, 0.3) is 5.88 Å². The van der Waals surface area contributed by atoms with Gasteiger partial charge in [-0.05, 0) is 23.8 Å². The van der Waals surface area contributed by atoms with Gasteiger partial charge in [0.05, 0.1) is 19.9 Å². The number of carboxylic acid groups (broad SMARTS) is 1. The van der Waals surface area contributed by atoms with Gasteiger partial charge in [-0.15, -0.1) is 5.10 Å². The van der Waals surface area contributed by atoms with Gasteiger partial charge < -0.3 is 19.7 Å². The summed E-state index contributed by atoms with van der Waals surface area (Å²) < 4.78 is 10.6. The SMILES string of the molecule is COc1cc(CO)ccc1Oc1nnccc1C(=O)O. The number of aromatic carboxylic acids is 1. The largest absolute Gasteiger partial charge is 0.493 e. The molecule has 0 amide bonds. The zero-order valence-corrected chi connectivity index (χ0v) is 10.6. The summed E-state index contributed by atoms with van der Waals surface area (Å²) in [6.07, 6.45) is 1.27. The molecule has 7 nitrogen and oxygen atoms in total. The summed E-state index contributed by atoms with van der Waals surface area (Å²) in [5.41, 5.74) is 0.542. The highest BCUT2D eigenvalue weighted by atomic mass is 16.5. The number of aromatic nitrogens is 2. The molecule has 1 aromatic heterocycles. The Bertz CT molecular complexity index is 630. The van der Waals surface area contributed by atoms with Crippen LogP contribution < -0.4 is 9.47 Å². The van der Waals surface area contributed by atoms with Crippen LogP contribution in [0.1, 0.15) is 15.9 Å². The first-order chi connectivity index (χ1) is 9.65. The van der Waals surface area contributed by atoms with Crippen LogP contribution in [0.4, 0.5) is 0 Å². The molecule has 0 aliphatic heterocycles. The summed E-state index contributed by atoms with van der Waals surface area (Å²) in [6.45, 7) is -0.137. The van der Waals surface area contributed by atoms with Crippen LogP contribution in [0.3, 0.4) is 0 Å². The number of ether oxygens (including phenoxy) is 2. The number of rotatable bonds is 5. The summed E-state index contributed by atoms with van der Waals surface area (Å²) in [6, 6.07) is 6.07. The Hall–Kier alpha value is -2.67. The average molecular weight is 276 g/mol. The van der Waals surface area contributed by atoms with Gasteiger partial charge in [-0.3, -0.25) is 0 Å². The van der Waals surface area contributed by atoms with Crippen molar-refractivity contribution in [3.8, 4) is 17.4 Å². The maximum absolute atomic E-state index is 11.1. The van der Waals surface area contributed by atoms with Crippen LogP contribution in [-0.2, 0) is 6.61 Å². The van der Waals surface area contributed by atoms with Crippen molar-refractivity contribution in [2.45, 2.75) is 6.61 Å². The Morgan fingerprint density at radius 3 is 2.75 bits per heavy atom. The molecule has 0 fully saturated rings. The van der Waals surface area contributed by atoms with Crippen molar-refractivity contribution in [3.05, 3.63) is 41.6 Å². The van der Waals surface area contributed by atoms with Crippen LogP contribution in [0.5, 0.6) is 17.4 Å². The second-order valence-electron chi connectivity index (χ2n) is 3.80. The molecule has 7 heteroatoms. The molecule has 0 radical (unpaired) electrons. The predicted octanol–water partition coefficient (Wildman–Crippen LogP) is 1.47. The van der Waals surface area contributed by atoms with E-state index in [0.717, 1.165) is 0 Å². The van der Waals surface area contributed by atoms with E-state index in [-0.39, 0.29) is 23.8 Å². The highest BCUT2D eigenvalue weighted by Crippen LogP contribution is 2.32. The Balaban J connectivity index is 2.37. The molecule has 2 N–H and O–H groups in total. The average Bonchev–Trinajstić information content (AvgIpc) is 2.48. The highest BCUT2D eigenvalue weighted by Gasteiger charge is 2.15. The molecule has 2 aromatic rings. The molecule has 0 saturated heterocycles. The summed E-state index contributed by atoms with van der Waals surface area (Å²) in [5.74, 6) is -0.651. The number of methoxy groups -OCH3 is 1. The first-order valence-corrected chi connectivity index (χ1v) is 5.66. The van der Waals surface area contributed by atoms with Gasteiger partial charge in [-0.25, -0.2) is 4.79 Å². The van der Waals surface area contributed by atoms with E-state index in [9.17, 15) is 4.79 Å². The van der Waals surface area contributed by atoms with Crippen LogP contribution in [0.2, 0.25) is 0 Å². The first kappa shape index (κ1) is 13.8. The third kappa shape index (κ3) is 2.83. The lowest BCUT2D eigenvalue weighted by molar-refractivity contribution is 0.0693. The Kier molecular flexibility index (Phi) is 4.11. The second kappa shape index (κ2) is 5.98. The lowest BCUT2D eigenvalue weighted by Crippen LogP contribution is -2.03. The molecule has 2 rings (SSSR count). The molecular weight excluding hydrogens is 264 g/mol. The molecular formula is C13H12N2O5. The smallest absolute Gasteiger partial charge is 0.341 e. The molecule has 0 aliphatic rings. The number of hydrogen-bond donors (Lipinski definition) is 2. The van der Waals surface area contributed by atoms with Gasteiger partial charge in [0.15, 0.2) is 11.5 Å². The van der Waals surface area contributed by atoms with Gasteiger partial charge in [0, 0.05) is 0 Å². The molecule has 1 aromatic carbocycles. The van der Waals surface area contributed by atoms with Crippen LogP contribution in [0.25, 0.3) is 0 Å².